The van der Waals surface area contributed by atoms with Crippen molar-refractivity contribution in [2.75, 3.05) is 0 Å². The molecule has 0 spiro atoms. The van der Waals surface area contributed by atoms with Crippen molar-refractivity contribution < 1.29 is 0 Å². The number of fused-ring (bicyclic) bond motifs is 1. The van der Waals surface area contributed by atoms with E-state index in [9.17, 15) is 0 Å². The number of allylic oxidation sites excluding steroid dienone is 3. The van der Waals surface area contributed by atoms with Gasteiger partial charge in [-0.1, -0.05) is 23.9 Å². The van der Waals surface area contributed by atoms with E-state index in [2.05, 4.69) is 43.1 Å². The van der Waals surface area contributed by atoms with Gasteiger partial charge in [0.25, 0.3) is 0 Å². The van der Waals surface area contributed by atoms with Crippen LogP contribution in [0.25, 0.3) is 6.08 Å². The molecule has 1 aromatic heterocycles. The lowest BCUT2D eigenvalue weighted by Crippen LogP contribution is -1.98. The first-order valence-electron chi connectivity index (χ1n) is 5.26. The molecule has 0 bridgehead atoms. The van der Waals surface area contributed by atoms with E-state index in [1.807, 2.05) is 18.0 Å². The molecule has 0 atom stereocenters. The monoisotopic (exact) mass is 217 g/mol. The number of nitrogens with zero attached hydrogens (tertiary/aromatic N) is 1. The van der Waals surface area contributed by atoms with E-state index in [1.165, 1.54) is 15.4 Å². The standard InChI is InChI=1S/C13H15NS/c1-3-10(2)15-13-8-9-14-12-7-5-4-6-11(12)13/h3,5,7-9H,4,6H2,1-2H3/b10-3+. The number of rotatable bonds is 2. The summed E-state index contributed by atoms with van der Waals surface area (Å²) in [5, 5.41) is 0. The maximum Gasteiger partial charge on any atom is 0.0669 e. The van der Waals surface area contributed by atoms with Gasteiger partial charge in [-0.05, 0) is 49.3 Å². The normalized spacial score (nSPS) is 15.2. The summed E-state index contributed by atoms with van der Waals surface area (Å²) in [7, 11) is 0. The minimum Gasteiger partial charge on any atom is -0.257 e. The predicted molar refractivity (Wildman–Crippen MR) is 66.9 cm³/mol. The van der Waals surface area contributed by atoms with Gasteiger partial charge >= 0.3 is 0 Å². The second-order valence-electron chi connectivity index (χ2n) is 3.62. The maximum atomic E-state index is 4.39. The molecule has 1 aromatic rings. The van der Waals surface area contributed by atoms with Crippen molar-refractivity contribution in [3.8, 4) is 0 Å². The van der Waals surface area contributed by atoms with Crippen molar-refractivity contribution in [3.05, 3.63) is 40.6 Å². The Labute approximate surface area is 95.3 Å². The lowest BCUT2D eigenvalue weighted by atomic mass is 10.0. The van der Waals surface area contributed by atoms with E-state index in [4.69, 9.17) is 0 Å². The first-order chi connectivity index (χ1) is 7.31. The van der Waals surface area contributed by atoms with Crippen LogP contribution in [-0.2, 0) is 6.42 Å². The molecule has 0 radical (unpaired) electrons. The quantitative estimate of drug-likeness (QED) is 0.693. The molecule has 0 fully saturated rings. The van der Waals surface area contributed by atoms with Crippen LogP contribution >= 0.6 is 11.8 Å². The van der Waals surface area contributed by atoms with Crippen molar-refractivity contribution in [2.24, 2.45) is 0 Å². The van der Waals surface area contributed by atoms with E-state index in [0.717, 1.165) is 18.5 Å². The third-order valence-corrected chi connectivity index (χ3v) is 3.72. The Morgan fingerprint density at radius 1 is 1.53 bits per heavy atom. The van der Waals surface area contributed by atoms with Crippen molar-refractivity contribution in [3.63, 3.8) is 0 Å². The summed E-state index contributed by atoms with van der Waals surface area (Å²) < 4.78 is 0. The van der Waals surface area contributed by atoms with Crippen molar-refractivity contribution in [1.82, 2.24) is 4.98 Å². The number of hydrogen-bond donors (Lipinski definition) is 0. The second kappa shape index (κ2) is 4.67. The third-order valence-electron chi connectivity index (χ3n) is 2.56. The van der Waals surface area contributed by atoms with Gasteiger partial charge in [-0.2, -0.15) is 0 Å². The lowest BCUT2D eigenvalue weighted by Gasteiger charge is -2.13. The largest absolute Gasteiger partial charge is 0.257 e. The molecule has 0 saturated heterocycles. The molecule has 1 nitrogen and oxygen atoms in total. The van der Waals surface area contributed by atoms with Crippen LogP contribution in [-0.4, -0.2) is 4.98 Å². The van der Waals surface area contributed by atoms with Gasteiger partial charge in [-0.3, -0.25) is 4.98 Å². The highest BCUT2D eigenvalue weighted by Gasteiger charge is 2.10. The van der Waals surface area contributed by atoms with Crippen LogP contribution in [0.15, 0.2) is 34.2 Å². The highest BCUT2D eigenvalue weighted by molar-refractivity contribution is 8.03. The minimum absolute atomic E-state index is 1.12. The van der Waals surface area contributed by atoms with E-state index in [-0.39, 0.29) is 0 Å². The highest BCUT2D eigenvalue weighted by atomic mass is 32.2. The summed E-state index contributed by atoms with van der Waals surface area (Å²) in [6, 6.07) is 2.12. The molecule has 0 N–H and O–H groups in total. The van der Waals surface area contributed by atoms with Crippen LogP contribution in [0.1, 0.15) is 31.5 Å². The van der Waals surface area contributed by atoms with Crippen LogP contribution in [0, 0.1) is 0 Å². The van der Waals surface area contributed by atoms with Gasteiger partial charge in [0, 0.05) is 11.1 Å². The molecule has 0 unspecified atom stereocenters. The molecule has 0 aliphatic heterocycles. The Bertz CT molecular complexity index is 419. The van der Waals surface area contributed by atoms with Gasteiger partial charge in [-0.25, -0.2) is 0 Å². The molecular weight excluding hydrogens is 202 g/mol. The second-order valence-corrected chi connectivity index (χ2v) is 4.90. The van der Waals surface area contributed by atoms with E-state index < -0.39 is 0 Å². The fraction of sp³-hybridized carbons (Fsp3) is 0.308. The molecular formula is C13H15NS. The van der Waals surface area contributed by atoms with Gasteiger partial charge in [0.05, 0.1) is 5.69 Å². The number of thioether (sulfide) groups is 1. The molecule has 1 aliphatic rings. The summed E-state index contributed by atoms with van der Waals surface area (Å²) in [5.74, 6) is 0. The third kappa shape index (κ3) is 2.32. The topological polar surface area (TPSA) is 12.9 Å². The number of aromatic nitrogens is 1. The predicted octanol–water partition coefficient (Wildman–Crippen LogP) is 4.06. The van der Waals surface area contributed by atoms with Crippen molar-refractivity contribution >= 4 is 17.8 Å². The van der Waals surface area contributed by atoms with Gasteiger partial charge in [0.1, 0.15) is 0 Å². The van der Waals surface area contributed by atoms with Crippen LogP contribution in [0.2, 0.25) is 0 Å². The molecule has 15 heavy (non-hydrogen) atoms. The highest BCUT2D eigenvalue weighted by Crippen LogP contribution is 2.32. The number of pyridine rings is 1. The van der Waals surface area contributed by atoms with Crippen molar-refractivity contribution in [1.29, 1.82) is 0 Å². The zero-order valence-corrected chi connectivity index (χ0v) is 9.97. The molecule has 2 rings (SSSR count). The number of hydrogen-bond acceptors (Lipinski definition) is 2. The maximum absolute atomic E-state index is 4.39. The van der Waals surface area contributed by atoms with Crippen LogP contribution < -0.4 is 0 Å². The average Bonchev–Trinajstić information content (AvgIpc) is 2.29. The Kier molecular flexibility index (Phi) is 3.27. The first kappa shape index (κ1) is 10.5. The fourth-order valence-electron chi connectivity index (χ4n) is 1.64. The molecule has 0 aromatic carbocycles. The molecule has 0 amide bonds. The smallest absolute Gasteiger partial charge is 0.0669 e. The van der Waals surface area contributed by atoms with Gasteiger partial charge < -0.3 is 0 Å². The first-order valence-corrected chi connectivity index (χ1v) is 6.08. The Morgan fingerprint density at radius 2 is 2.40 bits per heavy atom. The Balaban J connectivity index is 2.36. The van der Waals surface area contributed by atoms with Gasteiger partial charge in [-0.15, -0.1) is 0 Å². The van der Waals surface area contributed by atoms with Gasteiger partial charge in [0.15, 0.2) is 0 Å². The molecule has 1 heterocycles. The Morgan fingerprint density at radius 3 is 3.20 bits per heavy atom. The summed E-state index contributed by atoms with van der Waals surface area (Å²) in [6.07, 6.45) is 10.6. The van der Waals surface area contributed by atoms with E-state index in [1.54, 1.807) is 0 Å². The minimum atomic E-state index is 1.12. The van der Waals surface area contributed by atoms with Crippen LogP contribution in [0.3, 0.4) is 0 Å². The average molecular weight is 217 g/mol. The van der Waals surface area contributed by atoms with Crippen molar-refractivity contribution in [2.45, 2.75) is 31.6 Å². The summed E-state index contributed by atoms with van der Waals surface area (Å²) in [6.45, 7) is 4.23. The summed E-state index contributed by atoms with van der Waals surface area (Å²) in [4.78, 5) is 7.10. The zero-order chi connectivity index (χ0) is 10.7. The molecule has 0 saturated carbocycles. The van der Waals surface area contributed by atoms with Crippen LogP contribution in [0.4, 0.5) is 0 Å². The fourth-order valence-corrected chi connectivity index (χ4v) is 2.56. The summed E-state index contributed by atoms with van der Waals surface area (Å²) >= 11 is 1.85. The zero-order valence-electron chi connectivity index (χ0n) is 9.16. The SMILES string of the molecule is C/C=C(\C)Sc1ccnc2c1CCC=C2. The van der Waals surface area contributed by atoms with E-state index >= 15 is 0 Å². The van der Waals surface area contributed by atoms with E-state index in [0.29, 0.717) is 0 Å². The molecule has 1 aliphatic carbocycles. The van der Waals surface area contributed by atoms with Gasteiger partial charge in [0.2, 0.25) is 0 Å². The molecule has 78 valence electrons. The molecule has 2 heteroatoms. The Hall–Kier alpha value is -1.02. The summed E-state index contributed by atoms with van der Waals surface area (Å²) in [5.41, 5.74) is 2.56. The lowest BCUT2D eigenvalue weighted by molar-refractivity contribution is 0.930. The van der Waals surface area contributed by atoms with Crippen LogP contribution in [0.5, 0.6) is 0 Å².